The van der Waals surface area contributed by atoms with Gasteiger partial charge in [-0.1, -0.05) is 31.0 Å². The van der Waals surface area contributed by atoms with Gasteiger partial charge in [-0.15, -0.1) is 0 Å². The summed E-state index contributed by atoms with van der Waals surface area (Å²) in [7, 11) is 0. The molecule has 0 heterocycles. The number of rotatable bonds is 6. The van der Waals surface area contributed by atoms with E-state index < -0.39 is 5.97 Å². The van der Waals surface area contributed by atoms with Crippen LogP contribution in [-0.4, -0.2) is 30.1 Å². The summed E-state index contributed by atoms with van der Waals surface area (Å²) >= 11 is 0. The Kier molecular flexibility index (Phi) is 5.81. The van der Waals surface area contributed by atoms with Crippen LogP contribution < -0.4 is 10.1 Å². The Morgan fingerprint density at radius 2 is 2.00 bits per heavy atom. The van der Waals surface area contributed by atoms with Crippen LogP contribution in [0, 0.1) is 18.8 Å². The van der Waals surface area contributed by atoms with Crippen molar-refractivity contribution in [3.05, 3.63) is 29.8 Å². The molecule has 2 rings (SSSR count). The number of para-hydroxylation sites is 1. The zero-order valence-corrected chi connectivity index (χ0v) is 12.9. The molecule has 2 atom stereocenters. The van der Waals surface area contributed by atoms with Crippen molar-refractivity contribution in [1.29, 1.82) is 0 Å². The van der Waals surface area contributed by atoms with Gasteiger partial charge in [0.25, 0.3) is 5.91 Å². The standard InChI is InChI=1S/C17H23NO4/c1-12-6-2-5-9-15(12)22-11-16(19)18-10-13-7-3-4-8-14(13)17(20)21/h2,5-6,9,13-14H,3-4,7-8,10-11H2,1H3,(H,18,19)(H,20,21)/t13-,14-/m0/s1. The first kappa shape index (κ1) is 16.3. The lowest BCUT2D eigenvalue weighted by molar-refractivity contribution is -0.145. The molecule has 1 aliphatic carbocycles. The minimum absolute atomic E-state index is 0.0219. The van der Waals surface area contributed by atoms with Gasteiger partial charge in [0.15, 0.2) is 6.61 Å². The van der Waals surface area contributed by atoms with Gasteiger partial charge in [-0.2, -0.15) is 0 Å². The number of hydrogen-bond donors (Lipinski definition) is 2. The normalized spacial score (nSPS) is 21.1. The second-order valence-corrected chi connectivity index (χ2v) is 5.85. The van der Waals surface area contributed by atoms with Crippen molar-refractivity contribution in [3.63, 3.8) is 0 Å². The number of aryl methyl sites for hydroxylation is 1. The lowest BCUT2D eigenvalue weighted by Gasteiger charge is -2.28. The third kappa shape index (κ3) is 4.48. The fraction of sp³-hybridized carbons (Fsp3) is 0.529. The minimum atomic E-state index is -0.755. The summed E-state index contributed by atoms with van der Waals surface area (Å²) in [6, 6.07) is 7.52. The molecule has 0 unspecified atom stereocenters. The van der Waals surface area contributed by atoms with E-state index in [1.165, 1.54) is 0 Å². The zero-order chi connectivity index (χ0) is 15.9. The largest absolute Gasteiger partial charge is 0.484 e. The van der Waals surface area contributed by atoms with Gasteiger partial charge in [-0.3, -0.25) is 9.59 Å². The van der Waals surface area contributed by atoms with Gasteiger partial charge < -0.3 is 15.2 Å². The predicted octanol–water partition coefficient (Wildman–Crippen LogP) is 2.38. The van der Waals surface area contributed by atoms with Crippen LogP contribution in [0.3, 0.4) is 0 Å². The summed E-state index contributed by atoms with van der Waals surface area (Å²) in [5.74, 6) is -0.591. The Hall–Kier alpha value is -2.04. The van der Waals surface area contributed by atoms with Crippen LogP contribution in [0.15, 0.2) is 24.3 Å². The molecule has 2 N–H and O–H groups in total. The number of aliphatic carboxylic acids is 1. The van der Waals surface area contributed by atoms with Crippen molar-refractivity contribution in [3.8, 4) is 5.75 Å². The Morgan fingerprint density at radius 1 is 1.27 bits per heavy atom. The van der Waals surface area contributed by atoms with Gasteiger partial charge in [0.05, 0.1) is 5.92 Å². The molecule has 0 aromatic heterocycles. The van der Waals surface area contributed by atoms with Crippen molar-refractivity contribution < 1.29 is 19.4 Å². The van der Waals surface area contributed by atoms with Crippen LogP contribution in [0.1, 0.15) is 31.2 Å². The first-order chi connectivity index (χ1) is 10.6. The molecule has 0 saturated heterocycles. The fourth-order valence-corrected chi connectivity index (χ4v) is 2.93. The van der Waals surface area contributed by atoms with Gasteiger partial charge in [-0.05, 0) is 37.3 Å². The highest BCUT2D eigenvalue weighted by Gasteiger charge is 2.30. The lowest BCUT2D eigenvalue weighted by atomic mass is 9.79. The molecule has 1 aromatic rings. The van der Waals surface area contributed by atoms with E-state index in [4.69, 9.17) is 4.74 Å². The van der Waals surface area contributed by atoms with E-state index in [2.05, 4.69) is 5.32 Å². The summed E-state index contributed by atoms with van der Waals surface area (Å²) in [6.07, 6.45) is 3.55. The summed E-state index contributed by atoms with van der Waals surface area (Å²) in [5, 5.41) is 12.0. The predicted molar refractivity (Wildman–Crippen MR) is 82.8 cm³/mol. The maximum absolute atomic E-state index is 11.9. The molecule has 0 radical (unpaired) electrons. The van der Waals surface area contributed by atoms with E-state index in [0.717, 1.165) is 24.8 Å². The smallest absolute Gasteiger partial charge is 0.306 e. The highest BCUT2D eigenvalue weighted by Crippen LogP contribution is 2.29. The third-order valence-electron chi connectivity index (χ3n) is 4.24. The fourth-order valence-electron chi connectivity index (χ4n) is 2.93. The van der Waals surface area contributed by atoms with E-state index in [1.807, 2.05) is 31.2 Å². The van der Waals surface area contributed by atoms with Crippen molar-refractivity contribution in [2.45, 2.75) is 32.6 Å². The van der Waals surface area contributed by atoms with Crippen LogP contribution in [0.25, 0.3) is 0 Å². The summed E-state index contributed by atoms with van der Waals surface area (Å²) in [6.45, 7) is 2.29. The number of carbonyl (C=O) groups is 2. The van der Waals surface area contributed by atoms with Gasteiger partial charge in [0.2, 0.25) is 0 Å². The number of nitrogens with one attached hydrogen (secondary N) is 1. The van der Waals surface area contributed by atoms with Gasteiger partial charge in [-0.25, -0.2) is 0 Å². The maximum atomic E-state index is 11.9. The number of carbonyl (C=O) groups excluding carboxylic acids is 1. The Morgan fingerprint density at radius 3 is 2.73 bits per heavy atom. The Balaban J connectivity index is 1.77. The van der Waals surface area contributed by atoms with Gasteiger partial charge >= 0.3 is 5.97 Å². The molecule has 5 heteroatoms. The maximum Gasteiger partial charge on any atom is 0.306 e. The summed E-state index contributed by atoms with van der Waals surface area (Å²) in [4.78, 5) is 23.1. The van der Waals surface area contributed by atoms with E-state index in [-0.39, 0.29) is 24.3 Å². The molecule has 1 aromatic carbocycles. The first-order valence-electron chi connectivity index (χ1n) is 7.76. The number of ether oxygens (including phenoxy) is 1. The van der Waals surface area contributed by atoms with Crippen molar-refractivity contribution >= 4 is 11.9 Å². The van der Waals surface area contributed by atoms with Crippen LogP contribution >= 0.6 is 0 Å². The molecular formula is C17H23NO4. The number of hydrogen-bond acceptors (Lipinski definition) is 3. The van der Waals surface area contributed by atoms with Crippen LogP contribution in [-0.2, 0) is 9.59 Å². The molecular weight excluding hydrogens is 282 g/mol. The molecule has 120 valence electrons. The number of amides is 1. The second-order valence-electron chi connectivity index (χ2n) is 5.85. The number of benzene rings is 1. The van der Waals surface area contributed by atoms with Crippen molar-refractivity contribution in [1.82, 2.24) is 5.32 Å². The van der Waals surface area contributed by atoms with Gasteiger partial charge in [0, 0.05) is 6.54 Å². The van der Waals surface area contributed by atoms with E-state index >= 15 is 0 Å². The van der Waals surface area contributed by atoms with Crippen LogP contribution in [0.4, 0.5) is 0 Å². The summed E-state index contributed by atoms with van der Waals surface area (Å²) < 4.78 is 5.48. The Labute approximate surface area is 130 Å². The highest BCUT2D eigenvalue weighted by atomic mass is 16.5. The van der Waals surface area contributed by atoms with Crippen molar-refractivity contribution in [2.75, 3.05) is 13.2 Å². The van der Waals surface area contributed by atoms with E-state index in [9.17, 15) is 14.7 Å². The molecule has 1 fully saturated rings. The number of carboxylic acid groups (broad SMARTS) is 1. The molecule has 0 bridgehead atoms. The molecule has 1 saturated carbocycles. The quantitative estimate of drug-likeness (QED) is 0.846. The molecule has 0 aliphatic heterocycles. The SMILES string of the molecule is Cc1ccccc1OCC(=O)NC[C@@H]1CCCC[C@@H]1C(=O)O. The topological polar surface area (TPSA) is 75.6 Å². The third-order valence-corrected chi connectivity index (χ3v) is 4.24. The monoisotopic (exact) mass is 305 g/mol. The van der Waals surface area contributed by atoms with Gasteiger partial charge in [0.1, 0.15) is 5.75 Å². The van der Waals surface area contributed by atoms with Crippen molar-refractivity contribution in [2.24, 2.45) is 11.8 Å². The van der Waals surface area contributed by atoms with Crippen LogP contribution in [0.2, 0.25) is 0 Å². The molecule has 5 nitrogen and oxygen atoms in total. The molecule has 22 heavy (non-hydrogen) atoms. The Bertz CT molecular complexity index is 529. The second kappa shape index (κ2) is 7.82. The molecule has 1 aliphatic rings. The lowest BCUT2D eigenvalue weighted by Crippen LogP contribution is -2.38. The minimum Gasteiger partial charge on any atom is -0.484 e. The molecule has 0 spiro atoms. The van der Waals surface area contributed by atoms with E-state index in [0.29, 0.717) is 18.7 Å². The molecule has 1 amide bonds. The highest BCUT2D eigenvalue weighted by molar-refractivity contribution is 5.77. The average Bonchev–Trinajstić information content (AvgIpc) is 2.52. The average molecular weight is 305 g/mol. The van der Waals surface area contributed by atoms with Crippen LogP contribution in [0.5, 0.6) is 5.75 Å². The first-order valence-corrected chi connectivity index (χ1v) is 7.76. The van der Waals surface area contributed by atoms with E-state index in [1.54, 1.807) is 0 Å². The number of carboxylic acids is 1. The zero-order valence-electron chi connectivity index (χ0n) is 12.9. The summed E-state index contributed by atoms with van der Waals surface area (Å²) in [5.41, 5.74) is 0.980.